The van der Waals surface area contributed by atoms with Crippen molar-refractivity contribution in [1.29, 1.82) is 0 Å². The smallest absolute Gasteiger partial charge is 0.225 e. The van der Waals surface area contributed by atoms with Gasteiger partial charge in [-0.05, 0) is 46.0 Å². The van der Waals surface area contributed by atoms with Gasteiger partial charge in [-0.15, -0.1) is 0 Å². The van der Waals surface area contributed by atoms with E-state index in [1.54, 1.807) is 23.7 Å². The first kappa shape index (κ1) is 16.9. The van der Waals surface area contributed by atoms with Gasteiger partial charge in [0.1, 0.15) is 0 Å². The molecule has 0 aliphatic carbocycles. The van der Waals surface area contributed by atoms with Gasteiger partial charge in [-0.3, -0.25) is 14.8 Å². The first-order chi connectivity index (χ1) is 12.1. The molecule has 2 heterocycles. The Morgan fingerprint density at radius 3 is 2.88 bits per heavy atom. The first-order valence-corrected chi connectivity index (χ1v) is 8.77. The maximum absolute atomic E-state index is 12.5. The van der Waals surface area contributed by atoms with E-state index in [0.29, 0.717) is 13.0 Å². The fraction of sp³-hybridized carbons (Fsp3) is 0.167. The van der Waals surface area contributed by atoms with E-state index in [-0.39, 0.29) is 17.8 Å². The van der Waals surface area contributed by atoms with E-state index in [9.17, 15) is 4.79 Å². The molecule has 1 unspecified atom stereocenters. The minimum absolute atomic E-state index is 0.0313. The summed E-state index contributed by atoms with van der Waals surface area (Å²) in [5.74, 6) is -0.0998. The lowest BCUT2D eigenvalue weighted by molar-refractivity contribution is -0.116. The summed E-state index contributed by atoms with van der Waals surface area (Å²) in [6.45, 7) is 0.385. The third kappa shape index (κ3) is 4.54. The molecule has 2 aromatic heterocycles. The van der Waals surface area contributed by atoms with Crippen LogP contribution in [0.1, 0.15) is 17.9 Å². The van der Waals surface area contributed by atoms with E-state index in [1.807, 2.05) is 41.1 Å². The minimum Gasteiger partial charge on any atom is -0.370 e. The molecule has 128 valence electrons. The fourth-order valence-corrected chi connectivity index (χ4v) is 3.35. The third-order valence-corrected chi connectivity index (χ3v) is 4.57. The summed E-state index contributed by atoms with van der Waals surface area (Å²) in [5.41, 5.74) is 12.7. The molecule has 1 amide bonds. The maximum Gasteiger partial charge on any atom is 0.225 e. The molecule has 7 heteroatoms. The van der Waals surface area contributed by atoms with Crippen LogP contribution >= 0.6 is 11.3 Å². The number of carbonyl (C=O) groups is 1. The summed E-state index contributed by atoms with van der Waals surface area (Å²) in [6, 6.07) is 9.65. The number of guanidine groups is 1. The number of hydrogen-bond acceptors (Lipinski definition) is 4. The number of benzene rings is 1. The van der Waals surface area contributed by atoms with Crippen LogP contribution in [0.2, 0.25) is 0 Å². The lowest BCUT2D eigenvalue weighted by Gasteiger charge is -2.14. The van der Waals surface area contributed by atoms with Gasteiger partial charge in [-0.1, -0.05) is 6.07 Å². The highest BCUT2D eigenvalue weighted by Crippen LogP contribution is 2.24. The molecular formula is C18H19N5OS. The quantitative estimate of drug-likeness (QED) is 0.468. The van der Waals surface area contributed by atoms with Crippen molar-refractivity contribution < 1.29 is 4.79 Å². The highest BCUT2D eigenvalue weighted by atomic mass is 32.1. The molecule has 0 aliphatic heterocycles. The van der Waals surface area contributed by atoms with Gasteiger partial charge >= 0.3 is 0 Å². The van der Waals surface area contributed by atoms with Crippen LogP contribution < -0.4 is 16.8 Å². The number of nitrogens with one attached hydrogen (secondary N) is 1. The van der Waals surface area contributed by atoms with Crippen molar-refractivity contribution in [3.05, 3.63) is 59.0 Å². The van der Waals surface area contributed by atoms with Crippen LogP contribution in [0.5, 0.6) is 0 Å². The van der Waals surface area contributed by atoms with Gasteiger partial charge in [-0.25, -0.2) is 0 Å². The Balaban J connectivity index is 1.71. The molecule has 0 aliphatic rings. The highest BCUT2D eigenvalue weighted by molar-refractivity contribution is 7.08. The van der Waals surface area contributed by atoms with Crippen LogP contribution in [0, 0.1) is 0 Å². The molecule has 0 saturated heterocycles. The molecule has 5 N–H and O–H groups in total. The standard InChI is InChI=1S/C18H19N5OS/c19-18(20)22-10-15(14-4-6-25-11-14)8-17(24)23-16-2-1-13-9-21-5-3-12(13)7-16/h1-7,9,11,15H,8,10H2,(H,23,24)(H4,19,20,22). The van der Waals surface area contributed by atoms with Crippen molar-refractivity contribution in [2.75, 3.05) is 11.9 Å². The number of fused-ring (bicyclic) bond motifs is 1. The molecule has 0 radical (unpaired) electrons. The minimum atomic E-state index is -0.0737. The molecule has 0 fully saturated rings. The number of aliphatic imine (C=N–C) groups is 1. The van der Waals surface area contributed by atoms with Crippen LogP contribution in [0.15, 0.2) is 58.5 Å². The summed E-state index contributed by atoms with van der Waals surface area (Å²) in [5, 5.41) is 9.01. The van der Waals surface area contributed by atoms with E-state index in [0.717, 1.165) is 22.0 Å². The average molecular weight is 353 g/mol. The summed E-state index contributed by atoms with van der Waals surface area (Å²) >= 11 is 1.59. The zero-order chi connectivity index (χ0) is 17.6. The Morgan fingerprint density at radius 1 is 1.24 bits per heavy atom. The van der Waals surface area contributed by atoms with Gasteiger partial charge in [-0.2, -0.15) is 11.3 Å². The van der Waals surface area contributed by atoms with E-state index < -0.39 is 0 Å². The van der Waals surface area contributed by atoms with Gasteiger partial charge in [0.2, 0.25) is 5.91 Å². The highest BCUT2D eigenvalue weighted by Gasteiger charge is 2.17. The summed E-state index contributed by atoms with van der Waals surface area (Å²) < 4.78 is 0. The molecule has 1 atom stereocenters. The Kier molecular flexibility index (Phi) is 5.25. The second-order valence-electron chi connectivity index (χ2n) is 5.71. The van der Waals surface area contributed by atoms with Crippen molar-refractivity contribution in [2.45, 2.75) is 12.3 Å². The molecule has 3 rings (SSSR count). The average Bonchev–Trinajstić information content (AvgIpc) is 3.13. The Hall–Kier alpha value is -2.93. The van der Waals surface area contributed by atoms with Gasteiger partial charge in [0.15, 0.2) is 5.96 Å². The molecule has 6 nitrogen and oxygen atoms in total. The lowest BCUT2D eigenvalue weighted by Crippen LogP contribution is -2.24. The number of amides is 1. The Morgan fingerprint density at radius 2 is 2.12 bits per heavy atom. The van der Waals surface area contributed by atoms with E-state index >= 15 is 0 Å². The van der Waals surface area contributed by atoms with Crippen molar-refractivity contribution in [1.82, 2.24) is 4.98 Å². The van der Waals surface area contributed by atoms with Gasteiger partial charge < -0.3 is 16.8 Å². The van der Waals surface area contributed by atoms with Crippen LogP contribution in [-0.2, 0) is 4.79 Å². The van der Waals surface area contributed by atoms with Gasteiger partial charge in [0.05, 0.1) is 6.54 Å². The topological polar surface area (TPSA) is 106 Å². The fourth-order valence-electron chi connectivity index (χ4n) is 2.61. The van der Waals surface area contributed by atoms with Crippen LogP contribution in [0.4, 0.5) is 5.69 Å². The molecule has 0 saturated carbocycles. The van der Waals surface area contributed by atoms with E-state index in [4.69, 9.17) is 11.5 Å². The molecule has 1 aromatic carbocycles. The maximum atomic E-state index is 12.5. The van der Waals surface area contributed by atoms with Crippen LogP contribution in [-0.4, -0.2) is 23.4 Å². The summed E-state index contributed by atoms with van der Waals surface area (Å²) in [4.78, 5) is 20.6. The molecule has 3 aromatic rings. The number of anilines is 1. The van der Waals surface area contributed by atoms with Crippen molar-refractivity contribution in [3.63, 3.8) is 0 Å². The molecule has 0 spiro atoms. The largest absolute Gasteiger partial charge is 0.370 e. The zero-order valence-corrected chi connectivity index (χ0v) is 14.4. The predicted molar refractivity (Wildman–Crippen MR) is 103 cm³/mol. The van der Waals surface area contributed by atoms with Crippen molar-refractivity contribution in [3.8, 4) is 0 Å². The Labute approximate surface area is 149 Å². The number of thiophene rings is 1. The second kappa shape index (κ2) is 7.76. The monoisotopic (exact) mass is 353 g/mol. The number of nitrogens with two attached hydrogens (primary N) is 2. The number of hydrogen-bond donors (Lipinski definition) is 3. The second-order valence-corrected chi connectivity index (χ2v) is 6.49. The van der Waals surface area contributed by atoms with Crippen molar-refractivity contribution in [2.24, 2.45) is 16.5 Å². The van der Waals surface area contributed by atoms with Crippen LogP contribution in [0.25, 0.3) is 10.8 Å². The molecular weight excluding hydrogens is 334 g/mol. The van der Waals surface area contributed by atoms with Gasteiger partial charge in [0.25, 0.3) is 0 Å². The SMILES string of the molecule is NC(N)=NCC(CC(=O)Nc1ccc2cnccc2c1)c1ccsc1. The number of rotatable bonds is 6. The zero-order valence-electron chi connectivity index (χ0n) is 13.6. The summed E-state index contributed by atoms with van der Waals surface area (Å²) in [6.07, 6.45) is 3.83. The van der Waals surface area contributed by atoms with E-state index in [1.165, 1.54) is 0 Å². The summed E-state index contributed by atoms with van der Waals surface area (Å²) in [7, 11) is 0. The molecule has 0 bridgehead atoms. The Bertz CT molecular complexity index is 887. The number of pyridine rings is 1. The van der Waals surface area contributed by atoms with E-state index in [2.05, 4.69) is 15.3 Å². The number of aromatic nitrogens is 1. The normalized spacial score (nSPS) is 11.8. The number of carbonyl (C=O) groups excluding carboxylic acids is 1. The molecule has 25 heavy (non-hydrogen) atoms. The van der Waals surface area contributed by atoms with Gasteiger partial charge in [0, 0.05) is 35.8 Å². The van der Waals surface area contributed by atoms with Crippen LogP contribution in [0.3, 0.4) is 0 Å². The lowest BCUT2D eigenvalue weighted by atomic mass is 9.98. The number of nitrogens with zero attached hydrogens (tertiary/aromatic N) is 2. The van der Waals surface area contributed by atoms with Crippen molar-refractivity contribution >= 4 is 39.7 Å². The predicted octanol–water partition coefficient (Wildman–Crippen LogP) is 2.68. The first-order valence-electron chi connectivity index (χ1n) is 7.83. The third-order valence-electron chi connectivity index (χ3n) is 3.86.